The van der Waals surface area contributed by atoms with Gasteiger partial charge in [0, 0.05) is 23.0 Å². The Morgan fingerprint density at radius 3 is 2.61 bits per heavy atom. The number of thioether (sulfide) groups is 1. The molecule has 2 aromatic rings. The summed E-state index contributed by atoms with van der Waals surface area (Å²) < 4.78 is 15.9. The van der Waals surface area contributed by atoms with Crippen molar-refractivity contribution in [1.29, 1.82) is 0 Å². The van der Waals surface area contributed by atoms with Crippen molar-refractivity contribution in [2.45, 2.75) is 29.5 Å². The number of halogens is 1. The Kier molecular flexibility index (Phi) is 6.99. The molecule has 2 aliphatic rings. The van der Waals surface area contributed by atoms with Crippen LogP contribution in [0.1, 0.15) is 17.5 Å². The van der Waals surface area contributed by atoms with Crippen molar-refractivity contribution in [2.24, 2.45) is 0 Å². The highest BCUT2D eigenvalue weighted by Gasteiger charge is 2.30. The number of benzene rings is 2. The molecule has 0 bridgehead atoms. The van der Waals surface area contributed by atoms with Gasteiger partial charge in [0.05, 0.1) is 31.6 Å². The van der Waals surface area contributed by atoms with Crippen LogP contribution >= 0.6 is 23.4 Å². The van der Waals surface area contributed by atoms with E-state index < -0.39 is 11.2 Å². The standard InChI is InChI=1S/C23H23ClN2O6S/c1-30-17-7-13-5-6-26(11-14(13)8-18(17)31-2)21(27)12-32-22(28)10-20-23(29)25-16-9-15(24)3-4-19(16)33-20/h3-4,7-9,20H,5-6,10-12H2,1-2H3,(H,25,29). The molecule has 2 amide bonds. The minimum atomic E-state index is -0.634. The molecule has 10 heteroatoms. The number of fused-ring (bicyclic) bond motifs is 2. The summed E-state index contributed by atoms with van der Waals surface area (Å²) >= 11 is 7.23. The van der Waals surface area contributed by atoms with Crippen LogP contribution in [0.25, 0.3) is 0 Å². The number of nitrogens with zero attached hydrogens (tertiary/aromatic N) is 1. The highest BCUT2D eigenvalue weighted by atomic mass is 35.5. The summed E-state index contributed by atoms with van der Waals surface area (Å²) in [6, 6.07) is 8.97. The Labute approximate surface area is 200 Å². The Balaban J connectivity index is 1.31. The summed E-state index contributed by atoms with van der Waals surface area (Å²) in [5.41, 5.74) is 2.68. The van der Waals surface area contributed by atoms with Gasteiger partial charge in [0.25, 0.3) is 5.91 Å². The molecule has 8 nitrogen and oxygen atoms in total. The van der Waals surface area contributed by atoms with Crippen LogP contribution in [0.4, 0.5) is 5.69 Å². The molecule has 33 heavy (non-hydrogen) atoms. The molecule has 1 N–H and O–H groups in total. The van der Waals surface area contributed by atoms with Crippen molar-refractivity contribution in [2.75, 3.05) is 32.7 Å². The van der Waals surface area contributed by atoms with Gasteiger partial charge < -0.3 is 24.4 Å². The zero-order valence-electron chi connectivity index (χ0n) is 18.2. The lowest BCUT2D eigenvalue weighted by atomic mass is 9.99. The first kappa shape index (κ1) is 23.3. The number of esters is 1. The monoisotopic (exact) mass is 490 g/mol. The molecule has 0 aromatic heterocycles. The second-order valence-electron chi connectivity index (χ2n) is 7.64. The van der Waals surface area contributed by atoms with Gasteiger partial charge in [0.1, 0.15) is 0 Å². The first-order valence-electron chi connectivity index (χ1n) is 10.3. The molecule has 2 aliphatic heterocycles. The van der Waals surface area contributed by atoms with Crippen LogP contribution in [0.15, 0.2) is 35.2 Å². The third-order valence-electron chi connectivity index (χ3n) is 5.54. The first-order valence-corrected chi connectivity index (χ1v) is 11.6. The van der Waals surface area contributed by atoms with E-state index in [1.54, 1.807) is 37.3 Å². The number of ether oxygens (including phenoxy) is 3. The zero-order chi connectivity index (χ0) is 23.5. The summed E-state index contributed by atoms with van der Waals surface area (Å²) in [4.78, 5) is 39.8. The molecule has 0 fully saturated rings. The number of hydrogen-bond donors (Lipinski definition) is 1. The van der Waals surface area contributed by atoms with Crippen molar-refractivity contribution >= 4 is 46.8 Å². The number of rotatable bonds is 6. The van der Waals surface area contributed by atoms with E-state index in [0.717, 1.165) is 16.0 Å². The van der Waals surface area contributed by atoms with Gasteiger partial charge in [-0.25, -0.2) is 0 Å². The predicted molar refractivity (Wildman–Crippen MR) is 124 cm³/mol. The lowest BCUT2D eigenvalue weighted by Gasteiger charge is -2.29. The summed E-state index contributed by atoms with van der Waals surface area (Å²) in [6.07, 6.45) is 0.531. The van der Waals surface area contributed by atoms with E-state index in [-0.39, 0.29) is 24.8 Å². The second-order valence-corrected chi connectivity index (χ2v) is 9.32. The SMILES string of the molecule is COc1cc2c(cc1OC)CN(C(=O)COC(=O)CC1Sc3ccc(Cl)cc3NC1=O)CC2. The fraction of sp³-hybridized carbons (Fsp3) is 0.348. The molecule has 0 saturated heterocycles. The maximum atomic E-state index is 12.6. The molecule has 174 valence electrons. The van der Waals surface area contributed by atoms with E-state index in [9.17, 15) is 14.4 Å². The van der Waals surface area contributed by atoms with Crippen LogP contribution in [0, 0.1) is 0 Å². The van der Waals surface area contributed by atoms with Crippen LogP contribution in [0.3, 0.4) is 0 Å². The molecule has 0 aliphatic carbocycles. The average molecular weight is 491 g/mol. The third kappa shape index (κ3) is 5.20. The zero-order valence-corrected chi connectivity index (χ0v) is 19.8. The van der Waals surface area contributed by atoms with Crippen LogP contribution in [0.5, 0.6) is 11.5 Å². The number of anilines is 1. The summed E-state index contributed by atoms with van der Waals surface area (Å²) in [5, 5.41) is 2.64. The maximum absolute atomic E-state index is 12.6. The number of methoxy groups -OCH3 is 2. The lowest BCUT2D eigenvalue weighted by Crippen LogP contribution is -2.39. The number of carbonyl (C=O) groups excluding carboxylic acids is 3. The molecule has 4 rings (SSSR count). The van der Waals surface area contributed by atoms with Gasteiger partial charge in [-0.3, -0.25) is 14.4 Å². The van der Waals surface area contributed by atoms with Gasteiger partial charge in [0.15, 0.2) is 18.1 Å². The van der Waals surface area contributed by atoms with Gasteiger partial charge in [-0.05, 0) is 47.9 Å². The van der Waals surface area contributed by atoms with E-state index in [0.29, 0.717) is 41.7 Å². The van der Waals surface area contributed by atoms with Gasteiger partial charge in [-0.1, -0.05) is 11.6 Å². The maximum Gasteiger partial charge on any atom is 0.307 e. The summed E-state index contributed by atoms with van der Waals surface area (Å²) in [7, 11) is 3.15. The van der Waals surface area contributed by atoms with E-state index in [1.165, 1.54) is 11.8 Å². The molecular formula is C23H23ClN2O6S. The van der Waals surface area contributed by atoms with Crippen molar-refractivity contribution in [1.82, 2.24) is 4.90 Å². The third-order valence-corrected chi connectivity index (χ3v) is 7.05. The molecular weight excluding hydrogens is 468 g/mol. The van der Waals surface area contributed by atoms with Crippen LogP contribution < -0.4 is 14.8 Å². The van der Waals surface area contributed by atoms with E-state index in [4.69, 9.17) is 25.8 Å². The minimum absolute atomic E-state index is 0.133. The fourth-order valence-corrected chi connectivity index (χ4v) is 5.04. The first-order chi connectivity index (χ1) is 15.9. The van der Waals surface area contributed by atoms with Crippen LogP contribution in [-0.2, 0) is 32.1 Å². The number of carbonyl (C=O) groups is 3. The molecule has 0 saturated carbocycles. The Morgan fingerprint density at radius 1 is 1.15 bits per heavy atom. The quantitative estimate of drug-likeness (QED) is 0.621. The summed E-state index contributed by atoms with van der Waals surface area (Å²) in [5.74, 6) is 0.0705. The molecule has 1 atom stereocenters. The minimum Gasteiger partial charge on any atom is -0.493 e. The van der Waals surface area contributed by atoms with E-state index >= 15 is 0 Å². The van der Waals surface area contributed by atoms with Crippen molar-refractivity contribution < 1.29 is 28.6 Å². The molecule has 1 unspecified atom stereocenters. The highest BCUT2D eigenvalue weighted by Crippen LogP contribution is 2.38. The van der Waals surface area contributed by atoms with Crippen LogP contribution in [-0.4, -0.2) is 55.3 Å². The predicted octanol–water partition coefficient (Wildman–Crippen LogP) is 3.29. The molecule has 0 spiro atoms. The van der Waals surface area contributed by atoms with Gasteiger partial charge in [-0.2, -0.15) is 0 Å². The normalized spacial score (nSPS) is 16.9. The van der Waals surface area contributed by atoms with Gasteiger partial charge in [0.2, 0.25) is 5.91 Å². The number of amides is 2. The highest BCUT2D eigenvalue weighted by molar-refractivity contribution is 8.01. The molecule has 2 aromatic carbocycles. The van der Waals surface area contributed by atoms with Crippen molar-refractivity contribution in [3.8, 4) is 11.5 Å². The Morgan fingerprint density at radius 2 is 1.88 bits per heavy atom. The number of nitrogens with one attached hydrogen (secondary N) is 1. The van der Waals surface area contributed by atoms with Gasteiger partial charge >= 0.3 is 5.97 Å². The Hall–Kier alpha value is -2.91. The van der Waals surface area contributed by atoms with Gasteiger partial charge in [-0.15, -0.1) is 11.8 Å². The van der Waals surface area contributed by atoms with E-state index in [2.05, 4.69) is 5.32 Å². The van der Waals surface area contributed by atoms with Crippen molar-refractivity contribution in [3.63, 3.8) is 0 Å². The lowest BCUT2D eigenvalue weighted by molar-refractivity contribution is -0.152. The smallest absolute Gasteiger partial charge is 0.307 e. The van der Waals surface area contributed by atoms with Crippen LogP contribution in [0.2, 0.25) is 5.02 Å². The average Bonchev–Trinajstić information content (AvgIpc) is 2.81. The molecule has 0 radical (unpaired) electrons. The second kappa shape index (κ2) is 9.93. The summed E-state index contributed by atoms with van der Waals surface area (Å²) in [6.45, 7) is 0.540. The van der Waals surface area contributed by atoms with E-state index in [1.807, 2.05) is 12.1 Å². The van der Waals surface area contributed by atoms with Crippen molar-refractivity contribution in [3.05, 3.63) is 46.5 Å². The largest absolute Gasteiger partial charge is 0.493 e. The number of hydrogen-bond acceptors (Lipinski definition) is 7. The Bertz CT molecular complexity index is 1110. The topological polar surface area (TPSA) is 94.2 Å². The fourth-order valence-electron chi connectivity index (χ4n) is 3.80. The molecule has 2 heterocycles.